The molecular formula is C25H22ClNO7. The van der Waals surface area contributed by atoms with Gasteiger partial charge in [0.15, 0.2) is 0 Å². The van der Waals surface area contributed by atoms with Crippen molar-refractivity contribution in [3.05, 3.63) is 82.3 Å². The molecule has 1 N–H and O–H groups in total. The molecule has 1 saturated heterocycles. The van der Waals surface area contributed by atoms with Gasteiger partial charge in [-0.25, -0.2) is 0 Å². The summed E-state index contributed by atoms with van der Waals surface area (Å²) in [6.45, 7) is 0.0339. The van der Waals surface area contributed by atoms with E-state index in [4.69, 9.17) is 30.2 Å². The topological polar surface area (TPSA) is 98.4 Å². The summed E-state index contributed by atoms with van der Waals surface area (Å²) in [6, 6.07) is 12.3. The number of methoxy groups -OCH3 is 3. The quantitative estimate of drug-likeness (QED) is 0.298. The van der Waals surface area contributed by atoms with Crippen molar-refractivity contribution in [3.63, 3.8) is 0 Å². The van der Waals surface area contributed by atoms with Crippen LogP contribution in [0.4, 0.5) is 0 Å². The van der Waals surface area contributed by atoms with E-state index in [1.54, 1.807) is 36.4 Å². The fraction of sp³-hybridized carbons (Fsp3) is 0.200. The van der Waals surface area contributed by atoms with Crippen molar-refractivity contribution in [1.29, 1.82) is 0 Å². The highest BCUT2D eigenvalue weighted by atomic mass is 35.5. The molecular weight excluding hydrogens is 462 g/mol. The van der Waals surface area contributed by atoms with Crippen LogP contribution in [-0.4, -0.2) is 43.0 Å². The maximum Gasteiger partial charge on any atom is 0.296 e. The molecule has 3 aromatic rings. The number of hydrogen-bond acceptors (Lipinski definition) is 7. The van der Waals surface area contributed by atoms with Gasteiger partial charge in [-0.05, 0) is 35.9 Å². The maximum absolute atomic E-state index is 13.2. The van der Waals surface area contributed by atoms with E-state index >= 15 is 0 Å². The number of furan rings is 1. The fourth-order valence-corrected chi connectivity index (χ4v) is 4.17. The van der Waals surface area contributed by atoms with Gasteiger partial charge < -0.3 is 28.6 Å². The standard InChI is InChI=1S/C25H22ClNO7/c1-31-15-8-6-14(7-9-15)22-21(24(29)25(30)27(22)13-16-5-4-10-34-16)23(28)17-11-20(33-3)18(26)12-19(17)32-2/h4-12,22,28H,13H2,1-3H3/b23-21+. The second-order valence-corrected chi connectivity index (χ2v) is 7.87. The first-order chi connectivity index (χ1) is 16.4. The van der Waals surface area contributed by atoms with Gasteiger partial charge >= 0.3 is 0 Å². The van der Waals surface area contributed by atoms with Crippen LogP contribution >= 0.6 is 11.6 Å². The number of likely N-dealkylation sites (tertiary alicyclic amines) is 1. The van der Waals surface area contributed by atoms with Gasteiger partial charge in [-0.3, -0.25) is 9.59 Å². The summed E-state index contributed by atoms with van der Waals surface area (Å²) in [6.07, 6.45) is 1.49. The van der Waals surface area contributed by atoms with Gasteiger partial charge in [0.1, 0.15) is 28.8 Å². The summed E-state index contributed by atoms with van der Waals surface area (Å²) < 4.78 is 21.3. The van der Waals surface area contributed by atoms with E-state index in [0.29, 0.717) is 17.1 Å². The van der Waals surface area contributed by atoms with Crippen LogP contribution in [0.2, 0.25) is 5.02 Å². The second kappa shape index (κ2) is 9.52. The molecule has 34 heavy (non-hydrogen) atoms. The van der Waals surface area contributed by atoms with Crippen molar-refractivity contribution in [3.8, 4) is 17.2 Å². The van der Waals surface area contributed by atoms with Crippen LogP contribution in [0, 0.1) is 0 Å². The lowest BCUT2D eigenvalue weighted by Gasteiger charge is -2.25. The van der Waals surface area contributed by atoms with Crippen molar-refractivity contribution >= 4 is 29.1 Å². The minimum Gasteiger partial charge on any atom is -0.507 e. The van der Waals surface area contributed by atoms with Crippen LogP contribution in [0.15, 0.2) is 64.8 Å². The molecule has 1 amide bonds. The Balaban J connectivity index is 1.92. The highest BCUT2D eigenvalue weighted by Crippen LogP contribution is 2.43. The molecule has 9 heteroatoms. The van der Waals surface area contributed by atoms with Crippen LogP contribution < -0.4 is 14.2 Å². The number of Topliss-reactive ketones (excluding diaryl/α,β-unsaturated/α-hetero) is 1. The first kappa shape index (κ1) is 23.3. The molecule has 1 atom stereocenters. The van der Waals surface area contributed by atoms with Crippen molar-refractivity contribution in [2.24, 2.45) is 0 Å². The molecule has 0 spiro atoms. The van der Waals surface area contributed by atoms with Crippen molar-refractivity contribution in [1.82, 2.24) is 4.90 Å². The van der Waals surface area contributed by atoms with E-state index in [2.05, 4.69) is 0 Å². The lowest BCUT2D eigenvalue weighted by Crippen LogP contribution is -2.29. The smallest absolute Gasteiger partial charge is 0.296 e. The molecule has 1 aromatic heterocycles. The van der Waals surface area contributed by atoms with Gasteiger partial charge in [-0.1, -0.05) is 23.7 Å². The van der Waals surface area contributed by atoms with Gasteiger partial charge in [0.05, 0.1) is 56.3 Å². The number of hydrogen-bond donors (Lipinski definition) is 1. The fourth-order valence-electron chi connectivity index (χ4n) is 3.94. The number of rotatable bonds is 7. The second-order valence-electron chi connectivity index (χ2n) is 7.47. The van der Waals surface area contributed by atoms with Gasteiger partial charge in [0, 0.05) is 6.07 Å². The minimum absolute atomic E-state index is 0.0339. The minimum atomic E-state index is -0.887. The Kier molecular flexibility index (Phi) is 6.51. The van der Waals surface area contributed by atoms with Gasteiger partial charge in [-0.15, -0.1) is 0 Å². The Bertz CT molecular complexity index is 1250. The summed E-state index contributed by atoms with van der Waals surface area (Å²) in [5.41, 5.74) is 0.677. The Morgan fingerprint density at radius 3 is 2.32 bits per heavy atom. The number of benzene rings is 2. The highest BCUT2D eigenvalue weighted by molar-refractivity contribution is 6.46. The normalized spacial score (nSPS) is 17.2. The van der Waals surface area contributed by atoms with E-state index < -0.39 is 23.5 Å². The molecule has 8 nitrogen and oxygen atoms in total. The number of carbonyl (C=O) groups excluding carboxylic acids is 2. The Morgan fingerprint density at radius 1 is 1.03 bits per heavy atom. The largest absolute Gasteiger partial charge is 0.507 e. The number of ether oxygens (including phenoxy) is 3. The average molecular weight is 484 g/mol. The molecule has 0 aliphatic carbocycles. The molecule has 0 bridgehead atoms. The average Bonchev–Trinajstić information content (AvgIpc) is 3.46. The summed E-state index contributed by atoms with van der Waals surface area (Å²) in [5.74, 6) is -0.418. The highest BCUT2D eigenvalue weighted by Gasteiger charge is 2.46. The predicted octanol–water partition coefficient (Wildman–Crippen LogP) is 4.58. The summed E-state index contributed by atoms with van der Waals surface area (Å²) >= 11 is 6.20. The zero-order valence-electron chi connectivity index (χ0n) is 18.7. The number of carbonyl (C=O) groups is 2. The maximum atomic E-state index is 13.2. The third-order valence-electron chi connectivity index (χ3n) is 5.61. The summed E-state index contributed by atoms with van der Waals surface area (Å²) in [4.78, 5) is 27.7. The van der Waals surface area contributed by atoms with E-state index in [1.807, 2.05) is 0 Å². The van der Waals surface area contributed by atoms with Gasteiger partial charge in [-0.2, -0.15) is 0 Å². The molecule has 1 aliphatic heterocycles. The number of aliphatic hydroxyl groups is 1. The molecule has 2 heterocycles. The van der Waals surface area contributed by atoms with Crippen LogP contribution in [0.25, 0.3) is 5.76 Å². The zero-order chi connectivity index (χ0) is 24.4. The number of ketones is 1. The van der Waals surface area contributed by atoms with Gasteiger partial charge in [0.2, 0.25) is 0 Å². The predicted molar refractivity (Wildman–Crippen MR) is 124 cm³/mol. The lowest BCUT2D eigenvalue weighted by atomic mass is 9.94. The molecule has 1 aliphatic rings. The third-order valence-corrected chi connectivity index (χ3v) is 5.90. The summed E-state index contributed by atoms with van der Waals surface area (Å²) in [5, 5.41) is 11.6. The molecule has 1 fully saturated rings. The van der Waals surface area contributed by atoms with Crippen LogP contribution in [0.3, 0.4) is 0 Å². The first-order valence-corrected chi connectivity index (χ1v) is 10.6. The van der Waals surface area contributed by atoms with E-state index in [0.717, 1.165) is 0 Å². The van der Waals surface area contributed by atoms with E-state index in [-0.39, 0.29) is 34.2 Å². The third kappa shape index (κ3) is 4.08. The van der Waals surface area contributed by atoms with Crippen molar-refractivity contribution in [2.45, 2.75) is 12.6 Å². The van der Waals surface area contributed by atoms with Crippen LogP contribution in [0.1, 0.15) is 22.9 Å². The van der Waals surface area contributed by atoms with Gasteiger partial charge in [0.25, 0.3) is 11.7 Å². The zero-order valence-corrected chi connectivity index (χ0v) is 19.5. The lowest BCUT2D eigenvalue weighted by molar-refractivity contribution is -0.140. The number of nitrogens with zero attached hydrogens (tertiary/aromatic N) is 1. The Hall–Kier alpha value is -3.91. The summed E-state index contributed by atoms with van der Waals surface area (Å²) in [7, 11) is 4.38. The van der Waals surface area contributed by atoms with Crippen LogP contribution in [-0.2, 0) is 16.1 Å². The Morgan fingerprint density at radius 2 is 1.74 bits per heavy atom. The van der Waals surface area contributed by atoms with E-state index in [9.17, 15) is 14.7 Å². The molecule has 2 aromatic carbocycles. The number of halogens is 1. The molecule has 0 radical (unpaired) electrons. The Labute approximate surface area is 200 Å². The molecule has 1 unspecified atom stereocenters. The first-order valence-electron chi connectivity index (χ1n) is 10.3. The molecule has 0 saturated carbocycles. The number of aliphatic hydroxyl groups excluding tert-OH is 1. The SMILES string of the molecule is COc1ccc(C2/C(=C(\O)c3cc(OC)c(Cl)cc3OC)C(=O)C(=O)N2Cc2ccco2)cc1. The monoisotopic (exact) mass is 483 g/mol. The molecule has 176 valence electrons. The van der Waals surface area contributed by atoms with Crippen molar-refractivity contribution in [2.75, 3.05) is 21.3 Å². The van der Waals surface area contributed by atoms with Crippen LogP contribution in [0.5, 0.6) is 17.2 Å². The number of amides is 1. The van der Waals surface area contributed by atoms with Crippen molar-refractivity contribution < 1.29 is 33.3 Å². The van der Waals surface area contributed by atoms with E-state index in [1.165, 1.54) is 44.6 Å². The molecule has 4 rings (SSSR count).